The summed E-state index contributed by atoms with van der Waals surface area (Å²) in [5.41, 5.74) is 3.74. The Morgan fingerprint density at radius 2 is 1.87 bits per heavy atom. The highest BCUT2D eigenvalue weighted by Crippen LogP contribution is 2.25. The van der Waals surface area contributed by atoms with E-state index in [1.54, 1.807) is 7.11 Å². The molecule has 160 valence electrons. The molecule has 0 fully saturated rings. The van der Waals surface area contributed by atoms with Gasteiger partial charge < -0.3 is 19.9 Å². The highest BCUT2D eigenvalue weighted by molar-refractivity contribution is 6.06. The molecule has 3 aromatic rings. The first kappa shape index (κ1) is 21.8. The zero-order valence-corrected chi connectivity index (χ0v) is 18.5. The van der Waals surface area contributed by atoms with Crippen molar-refractivity contribution >= 4 is 28.4 Å². The molecule has 0 aliphatic carbocycles. The van der Waals surface area contributed by atoms with Gasteiger partial charge in [-0.05, 0) is 49.1 Å². The van der Waals surface area contributed by atoms with Gasteiger partial charge in [0.1, 0.15) is 11.5 Å². The van der Waals surface area contributed by atoms with Crippen LogP contribution in [0.5, 0.6) is 0 Å². The number of rotatable bonds is 9. The van der Waals surface area contributed by atoms with Gasteiger partial charge in [-0.1, -0.05) is 32.9 Å². The van der Waals surface area contributed by atoms with Gasteiger partial charge in [-0.3, -0.25) is 4.79 Å². The van der Waals surface area contributed by atoms with Crippen LogP contribution in [0.1, 0.15) is 43.6 Å². The minimum atomic E-state index is -0.107. The first-order valence-corrected chi connectivity index (χ1v) is 10.6. The molecule has 6 heteroatoms. The lowest BCUT2D eigenvalue weighted by molar-refractivity contribution is 0.0907. The van der Waals surface area contributed by atoms with Gasteiger partial charge >= 0.3 is 0 Å². The maximum absolute atomic E-state index is 12.9. The standard InChI is InChI=1S/C24H32N4O2/c1-6-18-7-9-19(10-8-18)26-22-12-11-20-21(24(29)25-17(4)15-30-5)14-28(13-16(2)3)23(20)27-22/h7-12,14,16-17H,6,13,15H2,1-5H3,(H,25,29)(H,26,27). The zero-order valence-electron chi connectivity index (χ0n) is 18.5. The number of nitrogens with one attached hydrogen (secondary N) is 2. The Kier molecular flexibility index (Phi) is 7.11. The number of methoxy groups -OCH3 is 1. The predicted octanol–water partition coefficient (Wildman–Crippen LogP) is 4.76. The Hall–Kier alpha value is -2.86. The summed E-state index contributed by atoms with van der Waals surface area (Å²) in [5, 5.41) is 7.23. The molecule has 1 unspecified atom stereocenters. The van der Waals surface area contributed by atoms with Crippen LogP contribution in [0.4, 0.5) is 11.5 Å². The minimum absolute atomic E-state index is 0.0639. The molecule has 2 heterocycles. The van der Waals surface area contributed by atoms with Crippen molar-refractivity contribution in [2.24, 2.45) is 5.92 Å². The van der Waals surface area contributed by atoms with Crippen molar-refractivity contribution in [2.75, 3.05) is 19.0 Å². The Morgan fingerprint density at radius 3 is 2.50 bits per heavy atom. The molecule has 3 rings (SSSR count). The molecule has 1 amide bonds. The van der Waals surface area contributed by atoms with Gasteiger partial charge in [0.15, 0.2) is 0 Å². The van der Waals surface area contributed by atoms with Gasteiger partial charge in [-0.25, -0.2) is 4.98 Å². The smallest absolute Gasteiger partial charge is 0.253 e. The summed E-state index contributed by atoms with van der Waals surface area (Å²) < 4.78 is 7.20. The van der Waals surface area contributed by atoms with Crippen molar-refractivity contribution < 1.29 is 9.53 Å². The van der Waals surface area contributed by atoms with Gasteiger partial charge in [0.05, 0.1) is 12.2 Å². The first-order chi connectivity index (χ1) is 14.4. The number of anilines is 2. The summed E-state index contributed by atoms with van der Waals surface area (Å²) >= 11 is 0. The van der Waals surface area contributed by atoms with Crippen LogP contribution in [-0.2, 0) is 17.7 Å². The number of ether oxygens (including phenoxy) is 1. The summed E-state index contributed by atoms with van der Waals surface area (Å²) in [5.74, 6) is 1.09. The van der Waals surface area contributed by atoms with Gasteiger partial charge in [0, 0.05) is 37.0 Å². The van der Waals surface area contributed by atoms with E-state index in [1.807, 2.05) is 25.3 Å². The molecule has 30 heavy (non-hydrogen) atoms. The van der Waals surface area contributed by atoms with E-state index in [1.165, 1.54) is 5.56 Å². The summed E-state index contributed by atoms with van der Waals surface area (Å²) in [7, 11) is 1.63. The molecule has 0 bridgehead atoms. The Balaban J connectivity index is 1.92. The summed E-state index contributed by atoms with van der Waals surface area (Å²) in [4.78, 5) is 17.7. The molecule has 0 saturated heterocycles. The van der Waals surface area contributed by atoms with Crippen LogP contribution in [0.3, 0.4) is 0 Å². The van der Waals surface area contributed by atoms with Gasteiger partial charge in [0.25, 0.3) is 5.91 Å². The molecule has 0 aliphatic heterocycles. The number of pyridine rings is 1. The molecular weight excluding hydrogens is 376 g/mol. The minimum Gasteiger partial charge on any atom is -0.383 e. The number of hydrogen-bond acceptors (Lipinski definition) is 4. The van der Waals surface area contributed by atoms with E-state index >= 15 is 0 Å². The van der Waals surface area contributed by atoms with Crippen LogP contribution in [0.2, 0.25) is 0 Å². The van der Waals surface area contributed by atoms with Crippen LogP contribution >= 0.6 is 0 Å². The summed E-state index contributed by atoms with van der Waals surface area (Å²) in [6, 6.07) is 12.2. The predicted molar refractivity (Wildman–Crippen MR) is 122 cm³/mol. The summed E-state index contributed by atoms with van der Waals surface area (Å²) in [6.45, 7) is 9.65. The first-order valence-electron chi connectivity index (χ1n) is 10.6. The Morgan fingerprint density at radius 1 is 1.13 bits per heavy atom. The van der Waals surface area contributed by atoms with E-state index < -0.39 is 0 Å². The van der Waals surface area contributed by atoms with E-state index in [9.17, 15) is 4.79 Å². The van der Waals surface area contributed by atoms with E-state index in [0.717, 1.165) is 35.5 Å². The number of carbonyl (C=O) groups excluding carboxylic acids is 1. The quantitative estimate of drug-likeness (QED) is 0.535. The van der Waals surface area contributed by atoms with Crippen molar-refractivity contribution in [3.05, 3.63) is 53.7 Å². The molecule has 1 aromatic carbocycles. The second-order valence-corrected chi connectivity index (χ2v) is 8.16. The second kappa shape index (κ2) is 9.76. The van der Waals surface area contributed by atoms with E-state index in [-0.39, 0.29) is 11.9 Å². The van der Waals surface area contributed by atoms with Crippen LogP contribution in [0.25, 0.3) is 11.0 Å². The molecule has 1 atom stereocenters. The maximum atomic E-state index is 12.9. The lowest BCUT2D eigenvalue weighted by Gasteiger charge is -2.12. The average molecular weight is 409 g/mol. The maximum Gasteiger partial charge on any atom is 0.253 e. The number of amides is 1. The van der Waals surface area contributed by atoms with Crippen LogP contribution in [0.15, 0.2) is 42.6 Å². The fourth-order valence-electron chi connectivity index (χ4n) is 3.51. The molecule has 2 N–H and O–H groups in total. The highest BCUT2D eigenvalue weighted by Gasteiger charge is 2.18. The lowest BCUT2D eigenvalue weighted by Crippen LogP contribution is -2.35. The third kappa shape index (κ3) is 5.19. The fourth-order valence-corrected chi connectivity index (χ4v) is 3.51. The van der Waals surface area contributed by atoms with Crippen molar-refractivity contribution in [2.45, 2.75) is 46.7 Å². The van der Waals surface area contributed by atoms with Crippen LogP contribution in [0, 0.1) is 5.92 Å². The summed E-state index contributed by atoms with van der Waals surface area (Å²) in [6.07, 6.45) is 2.92. The van der Waals surface area contributed by atoms with E-state index in [0.29, 0.717) is 18.1 Å². The highest BCUT2D eigenvalue weighted by atomic mass is 16.5. The lowest BCUT2D eigenvalue weighted by atomic mass is 10.1. The molecule has 0 aliphatic rings. The largest absolute Gasteiger partial charge is 0.383 e. The van der Waals surface area contributed by atoms with Crippen molar-refractivity contribution in [3.8, 4) is 0 Å². The van der Waals surface area contributed by atoms with Crippen LogP contribution < -0.4 is 10.6 Å². The Labute approximate surface area is 178 Å². The van der Waals surface area contributed by atoms with Gasteiger partial charge in [0.2, 0.25) is 0 Å². The SMILES string of the molecule is CCc1ccc(Nc2ccc3c(C(=O)NC(C)COC)cn(CC(C)C)c3n2)cc1. The molecule has 6 nitrogen and oxygen atoms in total. The average Bonchev–Trinajstić information content (AvgIpc) is 3.06. The third-order valence-electron chi connectivity index (χ3n) is 4.96. The Bertz CT molecular complexity index is 992. The fraction of sp³-hybridized carbons (Fsp3) is 0.417. The zero-order chi connectivity index (χ0) is 21.7. The van der Waals surface area contributed by atoms with E-state index in [2.05, 4.69) is 60.2 Å². The number of aromatic nitrogens is 2. The van der Waals surface area contributed by atoms with E-state index in [4.69, 9.17) is 9.72 Å². The number of nitrogens with zero attached hydrogens (tertiary/aromatic N) is 2. The molecule has 0 saturated carbocycles. The number of carbonyl (C=O) groups is 1. The van der Waals surface area contributed by atoms with Crippen molar-refractivity contribution in [1.29, 1.82) is 0 Å². The van der Waals surface area contributed by atoms with Crippen molar-refractivity contribution in [1.82, 2.24) is 14.9 Å². The van der Waals surface area contributed by atoms with Gasteiger partial charge in [-0.2, -0.15) is 0 Å². The molecular formula is C24H32N4O2. The number of aryl methyl sites for hydroxylation is 1. The monoisotopic (exact) mass is 408 g/mol. The second-order valence-electron chi connectivity index (χ2n) is 8.16. The number of fused-ring (bicyclic) bond motifs is 1. The third-order valence-corrected chi connectivity index (χ3v) is 4.96. The van der Waals surface area contributed by atoms with Crippen molar-refractivity contribution in [3.63, 3.8) is 0 Å². The molecule has 0 spiro atoms. The molecule has 0 radical (unpaired) electrons. The normalized spacial score (nSPS) is 12.3. The molecule has 2 aromatic heterocycles. The topological polar surface area (TPSA) is 68.2 Å². The number of benzene rings is 1. The van der Waals surface area contributed by atoms with Gasteiger partial charge in [-0.15, -0.1) is 0 Å². The van der Waals surface area contributed by atoms with Crippen LogP contribution in [-0.4, -0.2) is 35.2 Å². The number of hydrogen-bond donors (Lipinski definition) is 2.